The van der Waals surface area contributed by atoms with Crippen LogP contribution in [0, 0.1) is 11.8 Å². The topological polar surface area (TPSA) is 43.4 Å². The average Bonchev–Trinajstić information content (AvgIpc) is 2.58. The minimum absolute atomic E-state index is 0.231. The third-order valence-corrected chi connectivity index (χ3v) is 2.53. The van der Waals surface area contributed by atoms with Crippen molar-refractivity contribution in [2.45, 2.75) is 25.7 Å². The molecule has 0 aromatic carbocycles. The van der Waals surface area contributed by atoms with E-state index in [1.807, 2.05) is 0 Å². The van der Waals surface area contributed by atoms with E-state index in [0.717, 1.165) is 32.0 Å². The SMILES string of the molecule is COC(=O)[C@H](C=O)C1CCCC1. The zero-order valence-electron chi connectivity index (χ0n) is 7.29. The van der Waals surface area contributed by atoms with E-state index in [4.69, 9.17) is 0 Å². The van der Waals surface area contributed by atoms with Gasteiger partial charge in [-0.05, 0) is 18.8 Å². The summed E-state index contributed by atoms with van der Waals surface area (Å²) in [6, 6.07) is 0. The van der Waals surface area contributed by atoms with Crippen molar-refractivity contribution in [2.75, 3.05) is 7.11 Å². The molecule has 68 valence electrons. The fraction of sp³-hybridized carbons (Fsp3) is 0.778. The Morgan fingerprint density at radius 3 is 2.50 bits per heavy atom. The highest BCUT2D eigenvalue weighted by atomic mass is 16.5. The van der Waals surface area contributed by atoms with Gasteiger partial charge in [-0.3, -0.25) is 4.79 Å². The van der Waals surface area contributed by atoms with Crippen LogP contribution in [-0.4, -0.2) is 19.4 Å². The molecule has 0 aromatic heterocycles. The van der Waals surface area contributed by atoms with Gasteiger partial charge in [0.15, 0.2) is 0 Å². The molecule has 0 saturated heterocycles. The van der Waals surface area contributed by atoms with E-state index in [0.29, 0.717) is 0 Å². The fourth-order valence-corrected chi connectivity index (χ4v) is 1.81. The molecule has 0 spiro atoms. The molecule has 1 saturated carbocycles. The van der Waals surface area contributed by atoms with E-state index in [-0.39, 0.29) is 11.9 Å². The van der Waals surface area contributed by atoms with Crippen LogP contribution >= 0.6 is 0 Å². The third-order valence-electron chi connectivity index (χ3n) is 2.53. The Balaban J connectivity index is 2.54. The normalized spacial score (nSPS) is 20.4. The van der Waals surface area contributed by atoms with Crippen molar-refractivity contribution < 1.29 is 14.3 Å². The van der Waals surface area contributed by atoms with Crippen LogP contribution < -0.4 is 0 Å². The molecule has 0 aromatic rings. The molecule has 0 N–H and O–H groups in total. The van der Waals surface area contributed by atoms with Gasteiger partial charge in [0.05, 0.1) is 7.11 Å². The molecule has 0 amide bonds. The molecule has 1 atom stereocenters. The van der Waals surface area contributed by atoms with Crippen LogP contribution in [0.25, 0.3) is 0 Å². The first-order valence-electron chi connectivity index (χ1n) is 4.32. The Bertz CT molecular complexity index is 171. The van der Waals surface area contributed by atoms with Gasteiger partial charge >= 0.3 is 5.97 Å². The van der Waals surface area contributed by atoms with Gasteiger partial charge in [0, 0.05) is 0 Å². The van der Waals surface area contributed by atoms with E-state index in [1.54, 1.807) is 0 Å². The number of esters is 1. The lowest BCUT2D eigenvalue weighted by Gasteiger charge is -2.14. The average molecular weight is 170 g/mol. The van der Waals surface area contributed by atoms with Gasteiger partial charge in [0.2, 0.25) is 0 Å². The van der Waals surface area contributed by atoms with Crippen molar-refractivity contribution in [3.05, 3.63) is 0 Å². The molecule has 3 nitrogen and oxygen atoms in total. The van der Waals surface area contributed by atoms with E-state index < -0.39 is 5.92 Å². The molecule has 0 aliphatic heterocycles. The van der Waals surface area contributed by atoms with Crippen molar-refractivity contribution in [2.24, 2.45) is 11.8 Å². The second-order valence-electron chi connectivity index (χ2n) is 3.23. The summed E-state index contributed by atoms with van der Waals surface area (Å²) in [7, 11) is 1.33. The van der Waals surface area contributed by atoms with Crippen LogP contribution in [-0.2, 0) is 14.3 Å². The van der Waals surface area contributed by atoms with E-state index in [1.165, 1.54) is 7.11 Å². The predicted octanol–water partition coefficient (Wildman–Crippen LogP) is 1.16. The number of hydrogen-bond acceptors (Lipinski definition) is 3. The summed E-state index contributed by atoms with van der Waals surface area (Å²) < 4.78 is 4.55. The molecule has 0 bridgehead atoms. The summed E-state index contributed by atoms with van der Waals surface area (Å²) in [5, 5.41) is 0. The fourth-order valence-electron chi connectivity index (χ4n) is 1.81. The molecule has 0 radical (unpaired) electrons. The summed E-state index contributed by atoms with van der Waals surface area (Å²) in [4.78, 5) is 21.7. The summed E-state index contributed by atoms with van der Waals surface area (Å²) in [5.74, 6) is -0.663. The zero-order chi connectivity index (χ0) is 8.97. The second kappa shape index (κ2) is 4.24. The maximum atomic E-state index is 11.1. The summed E-state index contributed by atoms with van der Waals surface area (Å²) in [6.45, 7) is 0. The van der Waals surface area contributed by atoms with Crippen molar-refractivity contribution >= 4 is 12.3 Å². The molecule has 1 aliphatic carbocycles. The van der Waals surface area contributed by atoms with Crippen LogP contribution in [0.3, 0.4) is 0 Å². The van der Waals surface area contributed by atoms with Gasteiger partial charge in [-0.15, -0.1) is 0 Å². The first kappa shape index (κ1) is 9.23. The lowest BCUT2D eigenvalue weighted by atomic mass is 9.92. The van der Waals surface area contributed by atoms with Crippen LogP contribution in [0.5, 0.6) is 0 Å². The summed E-state index contributed by atoms with van der Waals surface area (Å²) in [5.41, 5.74) is 0. The lowest BCUT2D eigenvalue weighted by molar-refractivity contribution is -0.148. The van der Waals surface area contributed by atoms with Crippen LogP contribution in [0.2, 0.25) is 0 Å². The van der Waals surface area contributed by atoms with Crippen molar-refractivity contribution in [3.8, 4) is 0 Å². The second-order valence-corrected chi connectivity index (χ2v) is 3.23. The molecule has 12 heavy (non-hydrogen) atoms. The first-order chi connectivity index (χ1) is 5.79. The third kappa shape index (κ3) is 1.84. The number of hydrogen-bond donors (Lipinski definition) is 0. The smallest absolute Gasteiger partial charge is 0.316 e. The van der Waals surface area contributed by atoms with Crippen LogP contribution in [0.4, 0.5) is 0 Å². The van der Waals surface area contributed by atoms with Gasteiger partial charge < -0.3 is 9.53 Å². The number of carbonyl (C=O) groups excluding carboxylic acids is 2. The number of methoxy groups -OCH3 is 1. The Morgan fingerprint density at radius 2 is 2.08 bits per heavy atom. The largest absolute Gasteiger partial charge is 0.468 e. The first-order valence-corrected chi connectivity index (χ1v) is 4.32. The molecule has 1 fully saturated rings. The Kier molecular flexibility index (Phi) is 3.26. The maximum absolute atomic E-state index is 11.1. The monoisotopic (exact) mass is 170 g/mol. The minimum atomic E-state index is -0.516. The summed E-state index contributed by atoms with van der Waals surface area (Å²) in [6.07, 6.45) is 4.96. The highest BCUT2D eigenvalue weighted by Crippen LogP contribution is 2.30. The highest BCUT2D eigenvalue weighted by Gasteiger charge is 2.30. The Morgan fingerprint density at radius 1 is 1.50 bits per heavy atom. The molecule has 1 aliphatic rings. The molecule has 0 unspecified atom stereocenters. The Hall–Kier alpha value is -0.860. The molecule has 3 heteroatoms. The molecule has 1 rings (SSSR count). The number of ether oxygens (including phenoxy) is 1. The quantitative estimate of drug-likeness (QED) is 0.362. The lowest BCUT2D eigenvalue weighted by Crippen LogP contribution is -2.24. The van der Waals surface area contributed by atoms with Crippen molar-refractivity contribution in [3.63, 3.8) is 0 Å². The van der Waals surface area contributed by atoms with Gasteiger partial charge in [-0.2, -0.15) is 0 Å². The van der Waals surface area contributed by atoms with Gasteiger partial charge in [0.25, 0.3) is 0 Å². The van der Waals surface area contributed by atoms with Crippen LogP contribution in [0.15, 0.2) is 0 Å². The van der Waals surface area contributed by atoms with E-state index in [2.05, 4.69) is 4.74 Å². The summed E-state index contributed by atoms with van der Waals surface area (Å²) >= 11 is 0. The number of carbonyl (C=O) groups is 2. The Labute approximate surface area is 72.1 Å². The van der Waals surface area contributed by atoms with Crippen LogP contribution in [0.1, 0.15) is 25.7 Å². The van der Waals surface area contributed by atoms with E-state index in [9.17, 15) is 9.59 Å². The maximum Gasteiger partial charge on any atom is 0.316 e. The van der Waals surface area contributed by atoms with Gasteiger partial charge in [-0.25, -0.2) is 0 Å². The van der Waals surface area contributed by atoms with Crippen molar-refractivity contribution in [1.29, 1.82) is 0 Å². The molecular weight excluding hydrogens is 156 g/mol. The zero-order valence-corrected chi connectivity index (χ0v) is 7.29. The molecular formula is C9H14O3. The number of aldehydes is 1. The van der Waals surface area contributed by atoms with Crippen molar-refractivity contribution in [1.82, 2.24) is 0 Å². The highest BCUT2D eigenvalue weighted by molar-refractivity contribution is 5.88. The van der Waals surface area contributed by atoms with E-state index >= 15 is 0 Å². The standard InChI is InChI=1S/C9H14O3/c1-12-9(11)8(6-10)7-4-2-3-5-7/h6-8H,2-5H2,1H3/t8-/m1/s1. The molecule has 0 heterocycles. The van der Waals surface area contributed by atoms with Gasteiger partial charge in [0.1, 0.15) is 12.2 Å². The van der Waals surface area contributed by atoms with Gasteiger partial charge in [-0.1, -0.05) is 12.8 Å². The minimum Gasteiger partial charge on any atom is -0.468 e. The number of rotatable bonds is 3. The predicted molar refractivity (Wildman–Crippen MR) is 43.5 cm³/mol.